The third kappa shape index (κ3) is 6.05. The molecule has 4 bridgehead atoms. The van der Waals surface area contributed by atoms with E-state index in [1.807, 2.05) is 0 Å². The van der Waals surface area contributed by atoms with Gasteiger partial charge in [0.05, 0.1) is 5.69 Å². The zero-order valence-corrected chi connectivity index (χ0v) is 40.5. The average Bonchev–Trinajstić information content (AvgIpc) is 3.70. The topological polar surface area (TPSA) is 3.24 Å². The molecular weight excluding hydrogens is 855 g/mol. The van der Waals surface area contributed by atoms with Crippen LogP contribution >= 0.6 is 0 Å². The summed E-state index contributed by atoms with van der Waals surface area (Å²) in [5.41, 5.74) is 27.4. The quantitative estimate of drug-likeness (QED) is 0.166. The Balaban J connectivity index is 0.947. The summed E-state index contributed by atoms with van der Waals surface area (Å²) in [6.45, 7) is 4.61. The Morgan fingerprint density at radius 3 is 1.48 bits per heavy atom. The summed E-state index contributed by atoms with van der Waals surface area (Å²) in [5, 5.41) is 2.56. The second kappa shape index (κ2) is 15.6. The summed E-state index contributed by atoms with van der Waals surface area (Å²) >= 11 is 0. The fourth-order valence-electron chi connectivity index (χ4n) is 15.4. The lowest BCUT2D eigenvalue weighted by atomic mass is 9.43. The van der Waals surface area contributed by atoms with E-state index in [0.717, 1.165) is 35.0 Å². The van der Waals surface area contributed by atoms with Crippen molar-refractivity contribution in [2.24, 2.45) is 23.7 Å². The number of rotatable bonds is 5. The third-order valence-electron chi connectivity index (χ3n) is 18.0. The molecule has 71 heavy (non-hydrogen) atoms. The van der Waals surface area contributed by atoms with Gasteiger partial charge in [-0.2, -0.15) is 0 Å². The molecule has 0 N–H and O–H groups in total. The minimum atomic E-state index is 0.115. The predicted octanol–water partition coefficient (Wildman–Crippen LogP) is 19.0. The highest BCUT2D eigenvalue weighted by Gasteiger charge is 2.61. The first-order valence-corrected chi connectivity index (χ1v) is 26.2. The first-order chi connectivity index (χ1) is 35.0. The van der Waals surface area contributed by atoms with Crippen molar-refractivity contribution in [3.05, 3.63) is 235 Å². The van der Waals surface area contributed by atoms with Crippen LogP contribution in [0.25, 0.3) is 88.7 Å². The van der Waals surface area contributed by atoms with Crippen molar-refractivity contribution in [3.8, 4) is 77.9 Å². The molecule has 0 aliphatic heterocycles. The van der Waals surface area contributed by atoms with E-state index in [9.17, 15) is 0 Å². The summed E-state index contributed by atoms with van der Waals surface area (Å²) in [5.74, 6) is 3.27. The standard InChI is InChI=1S/C70H55N/c1-43-24-31-63-65(34-43)68(35-44(2)69(63)49-27-32-62-61-22-12-13-23-66(61)70(67(62)41-49)50-37-45-36-46(39-50)40-51(70)38-45)71(52-28-25-48(26-29-52)47-14-4-3-5-15-47)53-30-33-60-58-20-9-8-18-56(58)54-16-6-7-17-55(54)57-19-10-11-21-59(57)64(60)42-53/h3-35,41-42,45-46,50-51H,36-40H2,1-2H3. The van der Waals surface area contributed by atoms with Crippen LogP contribution in [-0.4, -0.2) is 0 Å². The molecular formula is C70H55N. The number of hydrogen-bond acceptors (Lipinski definition) is 1. The Labute approximate surface area is 418 Å². The van der Waals surface area contributed by atoms with Gasteiger partial charge in [-0.05, 0) is 212 Å². The normalized spacial score (nSPS) is 20.6. The number of benzene rings is 10. The van der Waals surface area contributed by atoms with Gasteiger partial charge in [-0.3, -0.25) is 0 Å². The fraction of sp³-hybridized carbons (Fsp3) is 0.171. The molecule has 4 saturated carbocycles. The fourth-order valence-corrected chi connectivity index (χ4v) is 15.4. The van der Waals surface area contributed by atoms with Crippen molar-refractivity contribution < 1.29 is 0 Å². The van der Waals surface area contributed by atoms with Gasteiger partial charge in [-0.15, -0.1) is 0 Å². The van der Waals surface area contributed by atoms with Gasteiger partial charge in [0.2, 0.25) is 0 Å². The van der Waals surface area contributed by atoms with Gasteiger partial charge in [0.15, 0.2) is 0 Å². The van der Waals surface area contributed by atoms with E-state index in [2.05, 4.69) is 231 Å². The van der Waals surface area contributed by atoms with Crippen LogP contribution < -0.4 is 4.90 Å². The van der Waals surface area contributed by atoms with Crippen molar-refractivity contribution in [2.45, 2.75) is 51.4 Å². The molecule has 4 fully saturated rings. The van der Waals surface area contributed by atoms with Gasteiger partial charge < -0.3 is 4.90 Å². The van der Waals surface area contributed by atoms with E-state index in [1.165, 1.54) is 138 Å². The van der Waals surface area contributed by atoms with Gasteiger partial charge in [-0.1, -0.05) is 175 Å². The average molecular weight is 910 g/mol. The minimum Gasteiger partial charge on any atom is -0.310 e. The van der Waals surface area contributed by atoms with Gasteiger partial charge >= 0.3 is 0 Å². The van der Waals surface area contributed by atoms with Crippen molar-refractivity contribution in [1.29, 1.82) is 0 Å². The monoisotopic (exact) mass is 909 g/mol. The smallest absolute Gasteiger partial charge is 0.0543 e. The maximum atomic E-state index is 2.68. The van der Waals surface area contributed by atoms with Gasteiger partial charge in [0.25, 0.3) is 0 Å². The van der Waals surface area contributed by atoms with E-state index in [0.29, 0.717) is 0 Å². The van der Waals surface area contributed by atoms with Gasteiger partial charge in [-0.25, -0.2) is 0 Å². The minimum absolute atomic E-state index is 0.115. The maximum Gasteiger partial charge on any atom is 0.0543 e. The molecule has 16 rings (SSSR count). The zero-order chi connectivity index (χ0) is 47.0. The highest BCUT2D eigenvalue weighted by molar-refractivity contribution is 6.09. The van der Waals surface area contributed by atoms with Gasteiger partial charge in [0, 0.05) is 22.2 Å². The Morgan fingerprint density at radius 1 is 0.352 bits per heavy atom. The molecule has 0 atom stereocenters. The van der Waals surface area contributed by atoms with E-state index in [4.69, 9.17) is 0 Å². The summed E-state index contributed by atoms with van der Waals surface area (Å²) in [7, 11) is 0. The molecule has 0 unspecified atom stereocenters. The molecule has 0 radical (unpaired) electrons. The number of hydrogen-bond donors (Lipinski definition) is 0. The Bertz CT molecular complexity index is 3760. The highest BCUT2D eigenvalue weighted by Crippen LogP contribution is 2.69. The molecule has 0 aromatic heterocycles. The largest absolute Gasteiger partial charge is 0.310 e. The zero-order valence-electron chi connectivity index (χ0n) is 40.5. The van der Waals surface area contributed by atoms with Crippen molar-refractivity contribution in [3.63, 3.8) is 0 Å². The Morgan fingerprint density at radius 2 is 0.845 bits per heavy atom. The maximum absolute atomic E-state index is 2.68. The van der Waals surface area contributed by atoms with E-state index < -0.39 is 0 Å². The van der Waals surface area contributed by atoms with Gasteiger partial charge in [0.1, 0.15) is 0 Å². The van der Waals surface area contributed by atoms with Crippen LogP contribution in [0.5, 0.6) is 0 Å². The lowest BCUT2D eigenvalue weighted by Gasteiger charge is -2.61. The number of aryl methyl sites for hydroxylation is 2. The predicted molar refractivity (Wildman–Crippen MR) is 298 cm³/mol. The number of nitrogens with zero attached hydrogens (tertiary/aromatic N) is 1. The molecule has 10 aromatic rings. The van der Waals surface area contributed by atoms with E-state index in [1.54, 1.807) is 11.1 Å². The van der Waals surface area contributed by atoms with Crippen LogP contribution in [-0.2, 0) is 5.41 Å². The Hall–Kier alpha value is -7.74. The first-order valence-electron chi connectivity index (χ1n) is 26.2. The molecule has 1 heteroatoms. The number of anilines is 3. The first kappa shape index (κ1) is 41.1. The van der Waals surface area contributed by atoms with Crippen LogP contribution in [0.1, 0.15) is 54.4 Å². The van der Waals surface area contributed by atoms with E-state index in [-0.39, 0.29) is 5.41 Å². The van der Waals surface area contributed by atoms with E-state index >= 15 is 0 Å². The Kier molecular flexibility index (Phi) is 9.04. The molecule has 6 aliphatic rings. The van der Waals surface area contributed by atoms with Crippen molar-refractivity contribution in [1.82, 2.24) is 0 Å². The molecule has 0 heterocycles. The molecule has 10 aromatic carbocycles. The second-order valence-corrected chi connectivity index (χ2v) is 21.7. The summed E-state index contributed by atoms with van der Waals surface area (Å²) in [4.78, 5) is 2.54. The SMILES string of the molecule is Cc1ccc2c(-c3ccc4c(c3)C3(c5ccccc5-4)C4CC5CC(C4)CC3C5)c(C)cc(N(c3ccc(-c4ccccc4)cc3)c3ccc4c(c3)-c3ccccc3-c3ccccc3-c3ccccc3-4)c2c1. The number of fused-ring (bicyclic) bond motifs is 12. The highest BCUT2D eigenvalue weighted by atomic mass is 15.1. The molecule has 0 saturated heterocycles. The van der Waals surface area contributed by atoms with Crippen molar-refractivity contribution in [2.75, 3.05) is 4.90 Å². The molecule has 1 nitrogen and oxygen atoms in total. The molecule has 6 aliphatic carbocycles. The van der Waals surface area contributed by atoms with Crippen LogP contribution in [0.4, 0.5) is 17.1 Å². The van der Waals surface area contributed by atoms with Crippen molar-refractivity contribution >= 4 is 27.8 Å². The molecule has 340 valence electrons. The van der Waals surface area contributed by atoms with Crippen LogP contribution in [0.3, 0.4) is 0 Å². The second-order valence-electron chi connectivity index (χ2n) is 21.7. The lowest BCUT2D eigenvalue weighted by molar-refractivity contribution is -0.0399. The molecule has 0 amide bonds. The van der Waals surface area contributed by atoms with Crippen LogP contribution in [0.2, 0.25) is 0 Å². The third-order valence-corrected chi connectivity index (χ3v) is 18.0. The lowest BCUT2D eigenvalue weighted by Crippen LogP contribution is -2.55. The molecule has 1 spiro atoms. The van der Waals surface area contributed by atoms with Crippen LogP contribution in [0.15, 0.2) is 212 Å². The summed E-state index contributed by atoms with van der Waals surface area (Å²) in [6, 6.07) is 81.0. The van der Waals surface area contributed by atoms with Crippen LogP contribution in [0, 0.1) is 37.5 Å². The summed E-state index contributed by atoms with van der Waals surface area (Å²) < 4.78 is 0. The summed E-state index contributed by atoms with van der Waals surface area (Å²) in [6.07, 6.45) is 7.01.